The summed E-state index contributed by atoms with van der Waals surface area (Å²) in [5.74, 6) is 0.568. The summed E-state index contributed by atoms with van der Waals surface area (Å²) in [4.78, 5) is 8.32. The molecule has 0 amide bonds. The molecule has 1 N–H and O–H groups in total. The molecule has 0 bridgehead atoms. The number of hydrogen-bond donors (Lipinski definition) is 1. The molecule has 0 saturated heterocycles. The molecule has 2 heterocycles. The zero-order valence-electron chi connectivity index (χ0n) is 7.65. The number of nitriles is 1. The Morgan fingerprint density at radius 2 is 2.36 bits per heavy atom. The monoisotopic (exact) mass is 184 g/mol. The maximum atomic E-state index is 8.86. The van der Waals surface area contributed by atoms with Gasteiger partial charge in [-0.1, -0.05) is 0 Å². The van der Waals surface area contributed by atoms with Crippen LogP contribution in [-0.4, -0.2) is 17.0 Å². The molecule has 0 aliphatic carbocycles. The van der Waals surface area contributed by atoms with Crippen molar-refractivity contribution in [2.75, 3.05) is 12.4 Å². The summed E-state index contributed by atoms with van der Waals surface area (Å²) in [5.41, 5.74) is 1.18. The fourth-order valence-electron chi connectivity index (χ4n) is 1.28. The fourth-order valence-corrected chi connectivity index (χ4v) is 1.28. The number of fused-ring (bicyclic) bond motifs is 1. The first-order valence-electron chi connectivity index (χ1n) is 4.19. The SMILES string of the molecule is CNc1nc2ncccc2cc1C#N. The van der Waals surface area contributed by atoms with Gasteiger partial charge >= 0.3 is 0 Å². The van der Waals surface area contributed by atoms with Gasteiger partial charge in [-0.05, 0) is 18.2 Å². The van der Waals surface area contributed by atoms with E-state index in [-0.39, 0.29) is 0 Å². The minimum absolute atomic E-state index is 0.535. The second-order valence-electron chi connectivity index (χ2n) is 2.80. The quantitative estimate of drug-likeness (QED) is 0.730. The van der Waals surface area contributed by atoms with Crippen LogP contribution in [0.2, 0.25) is 0 Å². The lowest BCUT2D eigenvalue weighted by atomic mass is 10.2. The molecule has 0 aromatic carbocycles. The first-order chi connectivity index (χ1) is 6.85. The van der Waals surface area contributed by atoms with Gasteiger partial charge < -0.3 is 5.32 Å². The van der Waals surface area contributed by atoms with Gasteiger partial charge in [-0.3, -0.25) is 0 Å². The van der Waals surface area contributed by atoms with Crippen LogP contribution in [0.15, 0.2) is 24.4 Å². The molecule has 2 aromatic heterocycles. The predicted molar refractivity (Wildman–Crippen MR) is 53.8 cm³/mol. The molecule has 2 rings (SSSR count). The molecule has 0 atom stereocenters. The van der Waals surface area contributed by atoms with Crippen LogP contribution in [0.25, 0.3) is 11.0 Å². The van der Waals surface area contributed by atoms with Crippen molar-refractivity contribution >= 4 is 16.9 Å². The average Bonchev–Trinajstić information content (AvgIpc) is 2.27. The topological polar surface area (TPSA) is 61.6 Å². The summed E-state index contributed by atoms with van der Waals surface area (Å²) in [6.45, 7) is 0. The molecule has 0 saturated carbocycles. The van der Waals surface area contributed by atoms with E-state index in [9.17, 15) is 0 Å². The summed E-state index contributed by atoms with van der Waals surface area (Å²) in [5, 5.41) is 12.6. The van der Waals surface area contributed by atoms with Gasteiger partial charge in [0.15, 0.2) is 5.65 Å². The predicted octanol–water partition coefficient (Wildman–Crippen LogP) is 1.54. The smallest absolute Gasteiger partial charge is 0.161 e. The van der Waals surface area contributed by atoms with Crippen molar-refractivity contribution in [3.05, 3.63) is 30.0 Å². The highest BCUT2D eigenvalue weighted by Crippen LogP contribution is 2.17. The zero-order valence-corrected chi connectivity index (χ0v) is 7.65. The van der Waals surface area contributed by atoms with Crippen molar-refractivity contribution in [3.8, 4) is 6.07 Å². The Hall–Kier alpha value is -2.15. The molecule has 2 aromatic rings. The van der Waals surface area contributed by atoms with Crippen molar-refractivity contribution < 1.29 is 0 Å². The Balaban J connectivity index is 2.77. The van der Waals surface area contributed by atoms with E-state index >= 15 is 0 Å². The highest BCUT2D eigenvalue weighted by Gasteiger charge is 2.04. The van der Waals surface area contributed by atoms with Gasteiger partial charge in [0.25, 0.3) is 0 Å². The largest absolute Gasteiger partial charge is 0.372 e. The minimum atomic E-state index is 0.535. The Kier molecular flexibility index (Phi) is 1.99. The molecule has 0 fully saturated rings. The van der Waals surface area contributed by atoms with E-state index in [4.69, 9.17) is 5.26 Å². The number of hydrogen-bond acceptors (Lipinski definition) is 4. The molecular weight excluding hydrogens is 176 g/mol. The summed E-state index contributed by atoms with van der Waals surface area (Å²) in [7, 11) is 1.73. The fraction of sp³-hybridized carbons (Fsp3) is 0.100. The standard InChI is InChI=1S/C10H8N4/c1-12-9-8(6-11)5-7-3-2-4-13-10(7)14-9/h2-5H,1H3,(H,12,13,14). The van der Waals surface area contributed by atoms with Crippen LogP contribution in [0.3, 0.4) is 0 Å². The van der Waals surface area contributed by atoms with Crippen molar-refractivity contribution in [1.82, 2.24) is 9.97 Å². The number of aromatic nitrogens is 2. The van der Waals surface area contributed by atoms with Gasteiger partial charge in [0.05, 0.1) is 5.56 Å². The van der Waals surface area contributed by atoms with Gasteiger partial charge in [0, 0.05) is 18.6 Å². The molecule has 4 nitrogen and oxygen atoms in total. The number of anilines is 1. The maximum absolute atomic E-state index is 8.86. The van der Waals surface area contributed by atoms with E-state index in [1.165, 1.54) is 0 Å². The van der Waals surface area contributed by atoms with Crippen molar-refractivity contribution in [1.29, 1.82) is 5.26 Å². The zero-order chi connectivity index (χ0) is 9.97. The average molecular weight is 184 g/mol. The summed E-state index contributed by atoms with van der Waals surface area (Å²) in [6.07, 6.45) is 1.68. The second-order valence-corrected chi connectivity index (χ2v) is 2.80. The van der Waals surface area contributed by atoms with Crippen LogP contribution < -0.4 is 5.32 Å². The first-order valence-corrected chi connectivity index (χ1v) is 4.19. The van der Waals surface area contributed by atoms with Gasteiger partial charge in [-0.15, -0.1) is 0 Å². The number of nitrogens with one attached hydrogen (secondary N) is 1. The van der Waals surface area contributed by atoms with Gasteiger partial charge in [-0.25, -0.2) is 9.97 Å². The molecule has 4 heteroatoms. The molecular formula is C10H8N4. The number of pyridine rings is 2. The van der Waals surface area contributed by atoms with Crippen LogP contribution >= 0.6 is 0 Å². The number of rotatable bonds is 1. The van der Waals surface area contributed by atoms with E-state index in [2.05, 4.69) is 21.4 Å². The Bertz CT molecular complexity index is 513. The lowest BCUT2D eigenvalue weighted by Crippen LogP contribution is -1.97. The van der Waals surface area contributed by atoms with E-state index in [0.717, 1.165) is 5.39 Å². The second kappa shape index (κ2) is 3.30. The van der Waals surface area contributed by atoms with E-state index in [1.54, 1.807) is 19.3 Å². The summed E-state index contributed by atoms with van der Waals surface area (Å²) >= 11 is 0. The molecule has 68 valence electrons. The van der Waals surface area contributed by atoms with Crippen molar-refractivity contribution in [2.45, 2.75) is 0 Å². The third kappa shape index (κ3) is 1.25. The summed E-state index contributed by atoms with van der Waals surface area (Å²) < 4.78 is 0. The molecule has 0 unspecified atom stereocenters. The van der Waals surface area contributed by atoms with Crippen LogP contribution in [0.4, 0.5) is 5.82 Å². The molecule has 0 aliphatic heterocycles. The van der Waals surface area contributed by atoms with E-state index in [1.807, 2.05) is 12.1 Å². The normalized spacial score (nSPS) is 9.71. The molecule has 14 heavy (non-hydrogen) atoms. The molecule has 0 radical (unpaired) electrons. The highest BCUT2D eigenvalue weighted by atomic mass is 15.0. The van der Waals surface area contributed by atoms with E-state index < -0.39 is 0 Å². The number of nitrogens with zero attached hydrogens (tertiary/aromatic N) is 3. The third-order valence-corrected chi connectivity index (χ3v) is 1.95. The van der Waals surface area contributed by atoms with Crippen LogP contribution in [0.1, 0.15) is 5.56 Å². The first kappa shape index (κ1) is 8.45. The van der Waals surface area contributed by atoms with E-state index in [0.29, 0.717) is 17.0 Å². The van der Waals surface area contributed by atoms with Gasteiger partial charge in [0.1, 0.15) is 11.9 Å². The van der Waals surface area contributed by atoms with Gasteiger partial charge in [0.2, 0.25) is 0 Å². The van der Waals surface area contributed by atoms with Gasteiger partial charge in [-0.2, -0.15) is 5.26 Å². The molecule has 0 aliphatic rings. The Morgan fingerprint density at radius 1 is 1.50 bits per heavy atom. The lowest BCUT2D eigenvalue weighted by molar-refractivity contribution is 1.25. The highest BCUT2D eigenvalue weighted by molar-refractivity contribution is 5.79. The van der Waals surface area contributed by atoms with Crippen molar-refractivity contribution in [2.24, 2.45) is 0 Å². The lowest BCUT2D eigenvalue weighted by Gasteiger charge is -2.02. The third-order valence-electron chi connectivity index (χ3n) is 1.95. The van der Waals surface area contributed by atoms with Crippen molar-refractivity contribution in [3.63, 3.8) is 0 Å². The minimum Gasteiger partial charge on any atom is -0.372 e. The molecule has 0 spiro atoms. The Morgan fingerprint density at radius 3 is 3.07 bits per heavy atom. The maximum Gasteiger partial charge on any atom is 0.161 e. The van der Waals surface area contributed by atoms with Crippen LogP contribution in [0.5, 0.6) is 0 Å². The Labute approximate surface area is 81.2 Å². The van der Waals surface area contributed by atoms with Crippen LogP contribution in [0, 0.1) is 11.3 Å². The van der Waals surface area contributed by atoms with Crippen LogP contribution in [-0.2, 0) is 0 Å². The summed E-state index contributed by atoms with van der Waals surface area (Å²) in [6, 6.07) is 7.57.